The van der Waals surface area contributed by atoms with E-state index in [0.29, 0.717) is 0 Å². The number of amides is 1. The number of para-hydroxylation sites is 1. The SMILES string of the molecule is O=CC1SC(NC(=O)c2ccccc2OC(=O)OCc2ccccc2)=NC1S. The summed E-state index contributed by atoms with van der Waals surface area (Å²) in [5.41, 5.74) is 0.945. The van der Waals surface area contributed by atoms with Gasteiger partial charge in [0.2, 0.25) is 0 Å². The molecule has 0 saturated carbocycles. The molecule has 9 heteroatoms. The average Bonchev–Trinajstić information content (AvgIpc) is 3.06. The standard InChI is InChI=1S/C19H16N2O5S2/c22-10-15-17(27)21-18(28-15)20-16(23)13-8-4-5-9-14(13)26-19(24)25-11-12-6-2-1-3-7-12/h1-10,15,17,27H,11H2,(H,20,21,23). The van der Waals surface area contributed by atoms with Gasteiger partial charge in [0.25, 0.3) is 5.91 Å². The maximum atomic E-state index is 12.5. The molecule has 1 aliphatic heterocycles. The largest absolute Gasteiger partial charge is 0.514 e. The van der Waals surface area contributed by atoms with Crippen LogP contribution in [0.15, 0.2) is 59.6 Å². The number of benzene rings is 2. The van der Waals surface area contributed by atoms with E-state index >= 15 is 0 Å². The number of nitrogens with one attached hydrogen (secondary N) is 1. The number of thioether (sulfide) groups is 1. The van der Waals surface area contributed by atoms with Crippen LogP contribution in [0.25, 0.3) is 0 Å². The van der Waals surface area contributed by atoms with Crippen molar-refractivity contribution in [2.75, 3.05) is 0 Å². The van der Waals surface area contributed by atoms with Crippen molar-refractivity contribution in [1.82, 2.24) is 5.32 Å². The van der Waals surface area contributed by atoms with E-state index in [0.717, 1.165) is 23.6 Å². The van der Waals surface area contributed by atoms with Crippen LogP contribution in [-0.4, -0.2) is 34.1 Å². The molecule has 0 spiro atoms. The number of carbonyl (C=O) groups excluding carboxylic acids is 3. The normalized spacial score (nSPS) is 18.1. The number of nitrogens with zero attached hydrogens (tertiary/aromatic N) is 1. The molecule has 2 aromatic rings. The molecular weight excluding hydrogens is 400 g/mol. The van der Waals surface area contributed by atoms with Crippen molar-refractivity contribution < 1.29 is 23.9 Å². The van der Waals surface area contributed by atoms with Crippen LogP contribution in [0.2, 0.25) is 0 Å². The number of aliphatic imine (C=N–C) groups is 1. The molecule has 2 unspecified atom stereocenters. The molecule has 0 aromatic heterocycles. The van der Waals surface area contributed by atoms with Crippen LogP contribution in [0.3, 0.4) is 0 Å². The maximum absolute atomic E-state index is 12.5. The predicted octanol–water partition coefficient (Wildman–Crippen LogP) is 3.06. The molecule has 2 atom stereocenters. The van der Waals surface area contributed by atoms with Gasteiger partial charge in [-0.15, -0.1) is 0 Å². The molecule has 0 aliphatic carbocycles. The van der Waals surface area contributed by atoms with Gasteiger partial charge >= 0.3 is 6.16 Å². The third-order valence-electron chi connectivity index (χ3n) is 3.67. The van der Waals surface area contributed by atoms with Crippen LogP contribution >= 0.6 is 24.4 Å². The zero-order valence-corrected chi connectivity index (χ0v) is 16.2. The lowest BCUT2D eigenvalue weighted by Crippen LogP contribution is -2.28. The summed E-state index contributed by atoms with van der Waals surface area (Å²) in [6, 6.07) is 15.4. The van der Waals surface area contributed by atoms with Crippen LogP contribution < -0.4 is 10.1 Å². The molecule has 0 bridgehead atoms. The highest BCUT2D eigenvalue weighted by molar-refractivity contribution is 8.15. The molecule has 1 N–H and O–H groups in total. The number of rotatable bonds is 5. The first-order chi connectivity index (χ1) is 13.6. The van der Waals surface area contributed by atoms with Crippen molar-refractivity contribution in [1.29, 1.82) is 0 Å². The molecule has 28 heavy (non-hydrogen) atoms. The Bertz CT molecular complexity index is 904. The van der Waals surface area contributed by atoms with E-state index in [4.69, 9.17) is 9.47 Å². The lowest BCUT2D eigenvalue weighted by Gasteiger charge is -2.10. The highest BCUT2D eigenvalue weighted by Gasteiger charge is 2.29. The molecule has 0 radical (unpaired) electrons. The van der Waals surface area contributed by atoms with Gasteiger partial charge in [-0.1, -0.05) is 54.2 Å². The van der Waals surface area contributed by atoms with Crippen LogP contribution in [-0.2, 0) is 16.1 Å². The second-order valence-electron chi connectivity index (χ2n) is 5.64. The molecule has 0 saturated heterocycles. The summed E-state index contributed by atoms with van der Waals surface area (Å²) in [5, 5.41) is 1.90. The second kappa shape index (κ2) is 9.43. The highest BCUT2D eigenvalue weighted by Crippen LogP contribution is 2.27. The number of ether oxygens (including phenoxy) is 2. The van der Waals surface area contributed by atoms with Crippen LogP contribution in [0.4, 0.5) is 4.79 Å². The minimum atomic E-state index is -0.923. The first-order valence-corrected chi connectivity index (χ1v) is 9.63. The van der Waals surface area contributed by atoms with Crippen molar-refractivity contribution in [3.63, 3.8) is 0 Å². The molecule has 1 aliphatic rings. The molecule has 1 amide bonds. The summed E-state index contributed by atoms with van der Waals surface area (Å²) in [7, 11) is 0. The van der Waals surface area contributed by atoms with E-state index in [2.05, 4.69) is 22.9 Å². The average molecular weight is 416 g/mol. The van der Waals surface area contributed by atoms with Gasteiger partial charge < -0.3 is 19.6 Å². The summed E-state index contributed by atoms with van der Waals surface area (Å²) in [6.45, 7) is 0.0535. The van der Waals surface area contributed by atoms with Crippen molar-refractivity contribution in [3.05, 3.63) is 65.7 Å². The Morgan fingerprint density at radius 1 is 1.14 bits per heavy atom. The smallest absolute Gasteiger partial charge is 0.429 e. The second-order valence-corrected chi connectivity index (χ2v) is 7.34. The zero-order chi connectivity index (χ0) is 19.9. The summed E-state index contributed by atoms with van der Waals surface area (Å²) in [6.07, 6.45) is -0.196. The lowest BCUT2D eigenvalue weighted by atomic mass is 10.2. The summed E-state index contributed by atoms with van der Waals surface area (Å²) in [5.74, 6) is -0.471. The Balaban J connectivity index is 1.62. The van der Waals surface area contributed by atoms with E-state index in [1.54, 1.807) is 12.1 Å². The van der Waals surface area contributed by atoms with Crippen molar-refractivity contribution in [2.45, 2.75) is 17.2 Å². The Hall–Kier alpha value is -2.78. The molecule has 0 fully saturated rings. The Morgan fingerprint density at radius 2 is 1.86 bits per heavy atom. The van der Waals surface area contributed by atoms with Gasteiger partial charge in [0, 0.05) is 0 Å². The maximum Gasteiger partial charge on any atom is 0.514 e. The first-order valence-electron chi connectivity index (χ1n) is 8.23. The zero-order valence-electron chi connectivity index (χ0n) is 14.5. The summed E-state index contributed by atoms with van der Waals surface area (Å²) < 4.78 is 10.2. The van der Waals surface area contributed by atoms with Crippen molar-refractivity contribution >= 4 is 47.9 Å². The number of amidine groups is 1. The molecule has 2 aromatic carbocycles. The molecular formula is C19H16N2O5S2. The highest BCUT2D eigenvalue weighted by atomic mass is 32.2. The monoisotopic (exact) mass is 416 g/mol. The third kappa shape index (κ3) is 5.14. The van der Waals surface area contributed by atoms with E-state index < -0.39 is 22.7 Å². The van der Waals surface area contributed by atoms with E-state index in [1.807, 2.05) is 30.3 Å². The van der Waals surface area contributed by atoms with Gasteiger partial charge in [-0.05, 0) is 17.7 Å². The predicted molar refractivity (Wildman–Crippen MR) is 109 cm³/mol. The molecule has 1 heterocycles. The van der Waals surface area contributed by atoms with Crippen LogP contribution in [0.5, 0.6) is 5.75 Å². The van der Waals surface area contributed by atoms with Crippen molar-refractivity contribution in [3.8, 4) is 5.75 Å². The van der Waals surface area contributed by atoms with Crippen LogP contribution in [0, 0.1) is 0 Å². The Labute approximate surface area is 170 Å². The number of hydrogen-bond acceptors (Lipinski definition) is 8. The number of thiol groups is 1. The fourth-order valence-corrected chi connectivity index (χ4v) is 3.59. The van der Waals surface area contributed by atoms with Crippen LogP contribution in [0.1, 0.15) is 15.9 Å². The Kier molecular flexibility index (Phi) is 6.72. The summed E-state index contributed by atoms with van der Waals surface area (Å²) >= 11 is 5.29. The third-order valence-corrected chi connectivity index (χ3v) is 5.38. The lowest BCUT2D eigenvalue weighted by molar-refractivity contribution is -0.107. The number of hydrogen-bond donors (Lipinski definition) is 2. The fraction of sp³-hybridized carbons (Fsp3) is 0.158. The molecule has 3 rings (SSSR count). The van der Waals surface area contributed by atoms with Crippen molar-refractivity contribution in [2.24, 2.45) is 4.99 Å². The van der Waals surface area contributed by atoms with Gasteiger partial charge in [-0.25, -0.2) is 9.79 Å². The number of aldehydes is 1. The van der Waals surface area contributed by atoms with E-state index in [9.17, 15) is 14.4 Å². The molecule has 144 valence electrons. The minimum Gasteiger partial charge on any atom is -0.429 e. The fourth-order valence-electron chi connectivity index (χ4n) is 2.32. The van der Waals surface area contributed by atoms with Gasteiger partial charge in [-0.3, -0.25) is 4.79 Å². The van der Waals surface area contributed by atoms with Gasteiger partial charge in [0.05, 0.1) is 10.8 Å². The topological polar surface area (TPSA) is 94.1 Å². The van der Waals surface area contributed by atoms with Gasteiger partial charge in [0.1, 0.15) is 24.0 Å². The van der Waals surface area contributed by atoms with Gasteiger partial charge in [-0.2, -0.15) is 12.6 Å². The first kappa shape index (κ1) is 20.0. The minimum absolute atomic E-state index is 0.0519. The van der Waals surface area contributed by atoms with E-state index in [1.165, 1.54) is 12.1 Å². The summed E-state index contributed by atoms with van der Waals surface area (Å²) in [4.78, 5) is 39.5. The Morgan fingerprint density at radius 3 is 2.57 bits per heavy atom. The quantitative estimate of drug-likeness (QED) is 0.337. The molecule has 7 nitrogen and oxygen atoms in total. The number of carbonyl (C=O) groups is 3. The van der Waals surface area contributed by atoms with Gasteiger partial charge in [0.15, 0.2) is 5.17 Å². The van der Waals surface area contributed by atoms with E-state index in [-0.39, 0.29) is 23.1 Å².